The second-order valence-electron chi connectivity index (χ2n) is 6.87. The van der Waals surface area contributed by atoms with Crippen molar-refractivity contribution in [1.82, 2.24) is 15.6 Å². The van der Waals surface area contributed by atoms with Crippen LogP contribution in [0.4, 0.5) is 13.2 Å². The number of aromatic nitrogens is 1. The number of nitrogens with one attached hydrogen (secondary N) is 2. The lowest BCUT2D eigenvalue weighted by atomic mass is 9.95. The van der Waals surface area contributed by atoms with Crippen LogP contribution in [-0.2, 0) is 6.18 Å². The van der Waals surface area contributed by atoms with Crippen molar-refractivity contribution in [3.05, 3.63) is 53.7 Å². The second kappa shape index (κ2) is 6.84. The number of nitrogens with zero attached hydrogens (tertiary/aromatic N) is 1. The molecular weight excluding hydrogens is 359 g/mol. The quantitative estimate of drug-likeness (QED) is 0.856. The Kier molecular flexibility index (Phi) is 4.51. The number of hydrogen-bond donors (Lipinski definition) is 2. The third-order valence-electron chi connectivity index (χ3n) is 5.02. The van der Waals surface area contributed by atoms with Crippen LogP contribution in [0.25, 0.3) is 0 Å². The molecular formula is C19H18F3N3O2. The summed E-state index contributed by atoms with van der Waals surface area (Å²) in [6.45, 7) is 0. The molecule has 1 amide bonds. The standard InChI is InChI=1S/C19H18F3N3O2/c20-19(21,22)12-7-8-23-17(9-12)27-14-4-1-11(2-5-14)18(26)25-16-10-13-3-6-15(16)24-13/h1-2,4-5,7-9,13,15-16,24H,3,6,10H2,(H,25,26)/t13-,15+,16-/m1/s1. The van der Waals surface area contributed by atoms with E-state index in [1.165, 1.54) is 12.1 Å². The molecule has 3 atom stereocenters. The normalized spacial score (nSPS) is 24.0. The highest BCUT2D eigenvalue weighted by molar-refractivity contribution is 5.94. The number of ether oxygens (including phenoxy) is 1. The van der Waals surface area contributed by atoms with E-state index >= 15 is 0 Å². The van der Waals surface area contributed by atoms with E-state index in [-0.39, 0.29) is 17.8 Å². The molecule has 0 radical (unpaired) electrons. The summed E-state index contributed by atoms with van der Waals surface area (Å²) in [6.07, 6.45) is -0.237. The Morgan fingerprint density at radius 2 is 1.96 bits per heavy atom. The Morgan fingerprint density at radius 1 is 1.19 bits per heavy atom. The number of halogens is 3. The summed E-state index contributed by atoms with van der Waals surface area (Å²) in [5.41, 5.74) is -0.356. The number of amides is 1. The highest BCUT2D eigenvalue weighted by atomic mass is 19.4. The number of hydrogen-bond acceptors (Lipinski definition) is 4. The minimum Gasteiger partial charge on any atom is -0.439 e. The van der Waals surface area contributed by atoms with Crippen LogP contribution in [0.2, 0.25) is 0 Å². The molecule has 0 unspecified atom stereocenters. The monoisotopic (exact) mass is 377 g/mol. The van der Waals surface area contributed by atoms with E-state index in [4.69, 9.17) is 4.74 Å². The predicted octanol–water partition coefficient (Wildman–Crippen LogP) is 3.52. The van der Waals surface area contributed by atoms with Crippen LogP contribution >= 0.6 is 0 Å². The van der Waals surface area contributed by atoms with E-state index in [1.807, 2.05) is 0 Å². The smallest absolute Gasteiger partial charge is 0.416 e. The third kappa shape index (κ3) is 3.90. The van der Waals surface area contributed by atoms with Gasteiger partial charge in [-0.2, -0.15) is 13.2 Å². The van der Waals surface area contributed by atoms with E-state index in [9.17, 15) is 18.0 Å². The number of carbonyl (C=O) groups excluding carboxylic acids is 1. The van der Waals surface area contributed by atoms with Gasteiger partial charge in [-0.15, -0.1) is 0 Å². The van der Waals surface area contributed by atoms with E-state index < -0.39 is 11.7 Å². The Labute approximate surface area is 153 Å². The van der Waals surface area contributed by atoms with Gasteiger partial charge >= 0.3 is 6.18 Å². The second-order valence-corrected chi connectivity index (χ2v) is 6.87. The highest BCUT2D eigenvalue weighted by Gasteiger charge is 2.39. The summed E-state index contributed by atoms with van der Waals surface area (Å²) >= 11 is 0. The van der Waals surface area contributed by atoms with Gasteiger partial charge in [0.25, 0.3) is 5.91 Å². The molecule has 0 aliphatic carbocycles. The van der Waals surface area contributed by atoms with Gasteiger partial charge in [0.1, 0.15) is 5.75 Å². The maximum absolute atomic E-state index is 12.7. The molecule has 142 valence electrons. The van der Waals surface area contributed by atoms with Gasteiger partial charge in [-0.1, -0.05) is 0 Å². The van der Waals surface area contributed by atoms with Crippen molar-refractivity contribution in [2.75, 3.05) is 0 Å². The summed E-state index contributed by atoms with van der Waals surface area (Å²) < 4.78 is 43.6. The van der Waals surface area contributed by atoms with Crippen molar-refractivity contribution in [2.24, 2.45) is 0 Å². The molecule has 0 spiro atoms. The van der Waals surface area contributed by atoms with Crippen molar-refractivity contribution in [2.45, 2.75) is 43.6 Å². The van der Waals surface area contributed by atoms with E-state index in [0.29, 0.717) is 23.4 Å². The number of carbonyl (C=O) groups is 1. The summed E-state index contributed by atoms with van der Waals surface area (Å²) in [5, 5.41) is 6.50. The lowest BCUT2D eigenvalue weighted by Crippen LogP contribution is -2.42. The Bertz CT molecular complexity index is 839. The Morgan fingerprint density at radius 3 is 2.59 bits per heavy atom. The molecule has 8 heteroatoms. The number of alkyl halides is 3. The van der Waals surface area contributed by atoms with E-state index in [2.05, 4.69) is 15.6 Å². The van der Waals surface area contributed by atoms with Crippen LogP contribution in [-0.4, -0.2) is 29.0 Å². The van der Waals surface area contributed by atoms with Crippen molar-refractivity contribution < 1.29 is 22.7 Å². The molecule has 2 bridgehead atoms. The summed E-state index contributed by atoms with van der Waals surface area (Å²) in [7, 11) is 0. The van der Waals surface area contributed by atoms with Crippen LogP contribution < -0.4 is 15.4 Å². The van der Waals surface area contributed by atoms with Gasteiger partial charge in [-0.05, 0) is 49.6 Å². The number of benzene rings is 1. The zero-order valence-corrected chi connectivity index (χ0v) is 14.3. The molecule has 1 aromatic carbocycles. The lowest BCUT2D eigenvalue weighted by Gasteiger charge is -2.21. The zero-order chi connectivity index (χ0) is 19.0. The molecule has 4 rings (SSSR count). The Balaban J connectivity index is 1.39. The summed E-state index contributed by atoms with van der Waals surface area (Å²) in [4.78, 5) is 16.2. The van der Waals surface area contributed by atoms with Gasteiger partial charge in [-0.3, -0.25) is 4.79 Å². The molecule has 3 heterocycles. The first-order chi connectivity index (χ1) is 12.9. The van der Waals surface area contributed by atoms with Crippen LogP contribution in [0.5, 0.6) is 11.6 Å². The van der Waals surface area contributed by atoms with Gasteiger partial charge in [0.2, 0.25) is 5.88 Å². The fourth-order valence-electron chi connectivity index (χ4n) is 3.67. The van der Waals surface area contributed by atoms with Crippen LogP contribution in [0.3, 0.4) is 0 Å². The van der Waals surface area contributed by atoms with Gasteiger partial charge in [-0.25, -0.2) is 4.98 Å². The van der Waals surface area contributed by atoms with Gasteiger partial charge in [0.15, 0.2) is 0 Å². The minimum atomic E-state index is -4.46. The lowest BCUT2D eigenvalue weighted by molar-refractivity contribution is -0.137. The van der Waals surface area contributed by atoms with Crippen molar-refractivity contribution in [1.29, 1.82) is 0 Å². The molecule has 27 heavy (non-hydrogen) atoms. The predicted molar refractivity (Wildman–Crippen MR) is 91.6 cm³/mol. The first-order valence-corrected chi connectivity index (χ1v) is 8.76. The fourth-order valence-corrected chi connectivity index (χ4v) is 3.67. The Hall–Kier alpha value is -2.61. The first-order valence-electron chi connectivity index (χ1n) is 8.76. The van der Waals surface area contributed by atoms with Gasteiger partial charge in [0, 0.05) is 36.0 Å². The fraction of sp³-hybridized carbons (Fsp3) is 0.368. The SMILES string of the molecule is O=C(N[C@@H]1C[C@H]2CC[C@@H]1N2)c1ccc(Oc2cc(C(F)(F)F)ccn2)cc1. The molecule has 0 saturated carbocycles. The first kappa shape index (κ1) is 17.8. The summed E-state index contributed by atoms with van der Waals surface area (Å²) in [6, 6.07) is 8.93. The molecule has 2 aliphatic rings. The molecule has 2 N–H and O–H groups in total. The maximum Gasteiger partial charge on any atom is 0.416 e. The molecule has 1 aromatic heterocycles. The van der Waals surface area contributed by atoms with Gasteiger partial charge in [0.05, 0.1) is 5.56 Å². The third-order valence-corrected chi connectivity index (χ3v) is 5.02. The average Bonchev–Trinajstić information content (AvgIpc) is 3.25. The maximum atomic E-state index is 12.7. The van der Waals surface area contributed by atoms with Crippen LogP contribution in [0, 0.1) is 0 Å². The average molecular weight is 377 g/mol. The molecule has 2 aliphatic heterocycles. The minimum absolute atomic E-state index is 0.140. The molecule has 2 aromatic rings. The van der Waals surface area contributed by atoms with Crippen LogP contribution in [0.15, 0.2) is 42.6 Å². The van der Waals surface area contributed by atoms with E-state index in [0.717, 1.165) is 37.6 Å². The van der Waals surface area contributed by atoms with Crippen LogP contribution in [0.1, 0.15) is 35.2 Å². The number of fused-ring (bicyclic) bond motifs is 2. The number of pyridine rings is 1. The topological polar surface area (TPSA) is 63.2 Å². The molecule has 2 fully saturated rings. The highest BCUT2D eigenvalue weighted by Crippen LogP contribution is 2.32. The molecule has 2 saturated heterocycles. The van der Waals surface area contributed by atoms with Gasteiger partial charge < -0.3 is 15.4 Å². The molecule has 5 nitrogen and oxygen atoms in total. The van der Waals surface area contributed by atoms with Crippen molar-refractivity contribution in [3.63, 3.8) is 0 Å². The van der Waals surface area contributed by atoms with E-state index in [1.54, 1.807) is 12.1 Å². The van der Waals surface area contributed by atoms with Crippen molar-refractivity contribution >= 4 is 5.91 Å². The number of rotatable bonds is 4. The summed E-state index contributed by atoms with van der Waals surface area (Å²) in [5.74, 6) is -0.0202. The zero-order valence-electron chi connectivity index (χ0n) is 14.3. The largest absolute Gasteiger partial charge is 0.439 e. The van der Waals surface area contributed by atoms with Crippen molar-refractivity contribution in [3.8, 4) is 11.6 Å².